The van der Waals surface area contributed by atoms with Crippen LogP contribution >= 0.6 is 0 Å². The molecule has 0 radical (unpaired) electrons. The van der Waals surface area contributed by atoms with Crippen LogP contribution in [0.2, 0.25) is 0 Å². The van der Waals surface area contributed by atoms with Crippen molar-refractivity contribution < 1.29 is 0 Å². The minimum Gasteiger partial charge on any atom is -0.348 e. The van der Waals surface area contributed by atoms with Crippen LogP contribution in [0.1, 0.15) is 12.5 Å². The molecule has 1 heterocycles. The Kier molecular flexibility index (Phi) is 3.03. The average molecular weight is 197 g/mol. The van der Waals surface area contributed by atoms with Gasteiger partial charge in [0.25, 0.3) is 0 Å². The van der Waals surface area contributed by atoms with Crippen LogP contribution in [-0.4, -0.2) is 11.4 Å². The molecule has 1 aromatic rings. The molecule has 0 unspecified atom stereocenters. The average Bonchev–Trinajstić information content (AvgIpc) is 2.55. The zero-order valence-corrected chi connectivity index (χ0v) is 8.93. The van der Waals surface area contributed by atoms with Gasteiger partial charge in [-0.1, -0.05) is 42.5 Å². The molecule has 0 bridgehead atoms. The highest BCUT2D eigenvalue weighted by Crippen LogP contribution is 2.20. The van der Waals surface area contributed by atoms with E-state index in [9.17, 15) is 0 Å². The Morgan fingerprint density at radius 3 is 2.53 bits per heavy atom. The Morgan fingerprint density at radius 2 is 1.80 bits per heavy atom. The van der Waals surface area contributed by atoms with Gasteiger partial charge in [0, 0.05) is 18.4 Å². The van der Waals surface area contributed by atoms with Crippen molar-refractivity contribution >= 4 is 5.70 Å². The van der Waals surface area contributed by atoms with Crippen molar-refractivity contribution in [2.45, 2.75) is 6.92 Å². The predicted molar refractivity (Wildman–Crippen MR) is 65.1 cm³/mol. The topological polar surface area (TPSA) is 3.24 Å². The van der Waals surface area contributed by atoms with Crippen LogP contribution in [0.15, 0.2) is 60.8 Å². The van der Waals surface area contributed by atoms with Crippen molar-refractivity contribution in [2.75, 3.05) is 6.54 Å². The highest BCUT2D eigenvalue weighted by Gasteiger charge is 2.06. The molecule has 76 valence electrons. The van der Waals surface area contributed by atoms with Gasteiger partial charge in [0.15, 0.2) is 0 Å². The van der Waals surface area contributed by atoms with Crippen molar-refractivity contribution in [2.24, 2.45) is 0 Å². The molecule has 0 amide bonds. The second-order valence-electron chi connectivity index (χ2n) is 3.43. The number of hydrogen-bond acceptors (Lipinski definition) is 1. The highest BCUT2D eigenvalue weighted by atomic mass is 15.1. The summed E-state index contributed by atoms with van der Waals surface area (Å²) in [6, 6.07) is 10.5. The third-order valence-corrected chi connectivity index (χ3v) is 2.46. The molecular formula is C14H15N. The van der Waals surface area contributed by atoms with Crippen LogP contribution in [0, 0.1) is 0 Å². The van der Waals surface area contributed by atoms with E-state index in [1.807, 2.05) is 6.07 Å². The van der Waals surface area contributed by atoms with Crippen molar-refractivity contribution in [1.29, 1.82) is 0 Å². The molecule has 0 N–H and O–H groups in total. The van der Waals surface area contributed by atoms with Gasteiger partial charge in [0.05, 0.1) is 0 Å². The monoisotopic (exact) mass is 197 g/mol. The van der Waals surface area contributed by atoms with E-state index in [0.29, 0.717) is 0 Å². The quantitative estimate of drug-likeness (QED) is 0.702. The zero-order valence-electron chi connectivity index (χ0n) is 8.93. The first kappa shape index (κ1) is 9.78. The summed E-state index contributed by atoms with van der Waals surface area (Å²) in [5.74, 6) is 0. The maximum atomic E-state index is 2.25. The van der Waals surface area contributed by atoms with Gasteiger partial charge in [-0.2, -0.15) is 0 Å². The van der Waals surface area contributed by atoms with E-state index in [1.54, 1.807) is 0 Å². The van der Waals surface area contributed by atoms with E-state index < -0.39 is 0 Å². The van der Waals surface area contributed by atoms with Gasteiger partial charge >= 0.3 is 0 Å². The zero-order chi connectivity index (χ0) is 10.5. The molecular weight excluding hydrogens is 182 g/mol. The van der Waals surface area contributed by atoms with Gasteiger partial charge in [0.1, 0.15) is 0 Å². The fourth-order valence-corrected chi connectivity index (χ4v) is 1.69. The Labute approximate surface area is 91.0 Å². The minimum atomic E-state index is 0.985. The van der Waals surface area contributed by atoms with Crippen LogP contribution in [0.3, 0.4) is 0 Å². The van der Waals surface area contributed by atoms with Gasteiger partial charge in [-0.05, 0) is 24.6 Å². The van der Waals surface area contributed by atoms with Crippen molar-refractivity contribution in [3.05, 3.63) is 66.4 Å². The Hall–Kier alpha value is -1.76. The van der Waals surface area contributed by atoms with Crippen LogP contribution in [-0.2, 0) is 0 Å². The van der Waals surface area contributed by atoms with Crippen LogP contribution in [0.4, 0.5) is 0 Å². The standard InChI is InChI=1S/C14H15N/c1-2-15-12-8-4-7-11-14(15)13-9-5-3-6-10-13/h3-12H,2H2,1H3. The highest BCUT2D eigenvalue weighted by molar-refractivity contribution is 5.67. The summed E-state index contributed by atoms with van der Waals surface area (Å²) in [4.78, 5) is 2.25. The second kappa shape index (κ2) is 4.65. The Bertz CT molecular complexity index is 399. The molecule has 0 fully saturated rings. The molecule has 0 aromatic heterocycles. The lowest BCUT2D eigenvalue weighted by molar-refractivity contribution is 0.563. The SMILES string of the molecule is CCN1C=CC=CC=C1c1ccccc1. The largest absolute Gasteiger partial charge is 0.348 e. The maximum absolute atomic E-state index is 2.25. The Balaban J connectivity index is 2.38. The van der Waals surface area contributed by atoms with E-state index in [4.69, 9.17) is 0 Å². The fourth-order valence-electron chi connectivity index (χ4n) is 1.69. The van der Waals surface area contributed by atoms with Gasteiger partial charge in [0.2, 0.25) is 0 Å². The lowest BCUT2D eigenvalue weighted by atomic mass is 10.1. The molecule has 1 heteroatoms. The number of nitrogens with zero attached hydrogens (tertiary/aromatic N) is 1. The van der Waals surface area contributed by atoms with Crippen LogP contribution < -0.4 is 0 Å². The lowest BCUT2D eigenvalue weighted by Crippen LogP contribution is -2.14. The summed E-state index contributed by atoms with van der Waals surface area (Å²) in [7, 11) is 0. The van der Waals surface area contributed by atoms with Crippen LogP contribution in [0.5, 0.6) is 0 Å². The van der Waals surface area contributed by atoms with E-state index in [1.165, 1.54) is 11.3 Å². The molecule has 1 nitrogen and oxygen atoms in total. The van der Waals surface area contributed by atoms with E-state index >= 15 is 0 Å². The van der Waals surface area contributed by atoms with E-state index in [2.05, 4.69) is 66.6 Å². The summed E-state index contributed by atoms with van der Waals surface area (Å²) < 4.78 is 0. The van der Waals surface area contributed by atoms with Gasteiger partial charge in [-0.25, -0.2) is 0 Å². The van der Waals surface area contributed by atoms with Crippen molar-refractivity contribution in [3.8, 4) is 0 Å². The number of benzene rings is 1. The van der Waals surface area contributed by atoms with Crippen LogP contribution in [0.25, 0.3) is 5.70 Å². The third kappa shape index (κ3) is 2.18. The molecule has 0 saturated heterocycles. The normalized spacial score (nSPS) is 15.0. The molecule has 0 aliphatic carbocycles. The second-order valence-corrected chi connectivity index (χ2v) is 3.43. The van der Waals surface area contributed by atoms with Crippen molar-refractivity contribution in [3.63, 3.8) is 0 Å². The molecule has 15 heavy (non-hydrogen) atoms. The fraction of sp³-hybridized carbons (Fsp3) is 0.143. The minimum absolute atomic E-state index is 0.985. The number of rotatable bonds is 2. The first-order valence-electron chi connectivity index (χ1n) is 5.29. The summed E-state index contributed by atoms with van der Waals surface area (Å²) in [5, 5.41) is 0. The third-order valence-electron chi connectivity index (χ3n) is 2.46. The van der Waals surface area contributed by atoms with Gasteiger partial charge < -0.3 is 4.90 Å². The predicted octanol–water partition coefficient (Wildman–Crippen LogP) is 3.43. The van der Waals surface area contributed by atoms with Gasteiger partial charge in [-0.3, -0.25) is 0 Å². The molecule has 1 aliphatic rings. The van der Waals surface area contributed by atoms with Crippen molar-refractivity contribution in [1.82, 2.24) is 4.90 Å². The maximum Gasteiger partial charge on any atom is 0.0479 e. The molecule has 0 saturated carbocycles. The molecule has 0 spiro atoms. The number of hydrogen-bond donors (Lipinski definition) is 0. The first-order valence-corrected chi connectivity index (χ1v) is 5.29. The summed E-state index contributed by atoms with van der Waals surface area (Å²) in [6.07, 6.45) is 10.5. The lowest BCUT2D eigenvalue weighted by Gasteiger charge is -2.21. The summed E-state index contributed by atoms with van der Waals surface area (Å²) in [6.45, 7) is 3.14. The summed E-state index contributed by atoms with van der Waals surface area (Å²) in [5.41, 5.74) is 2.51. The summed E-state index contributed by atoms with van der Waals surface area (Å²) >= 11 is 0. The Morgan fingerprint density at radius 1 is 1.00 bits per heavy atom. The molecule has 1 aromatic carbocycles. The van der Waals surface area contributed by atoms with E-state index in [-0.39, 0.29) is 0 Å². The molecule has 2 rings (SSSR count). The molecule has 0 atom stereocenters. The first-order chi connectivity index (χ1) is 7.42. The van der Waals surface area contributed by atoms with Gasteiger partial charge in [-0.15, -0.1) is 0 Å². The number of allylic oxidation sites excluding steroid dienone is 4. The molecule has 1 aliphatic heterocycles. The van der Waals surface area contributed by atoms with E-state index in [0.717, 1.165) is 6.54 Å². The smallest absolute Gasteiger partial charge is 0.0479 e.